The molecule has 1 atom stereocenters. The van der Waals surface area contributed by atoms with Crippen molar-refractivity contribution in [2.75, 3.05) is 13.2 Å². The molecule has 0 aromatic heterocycles. The lowest BCUT2D eigenvalue weighted by molar-refractivity contribution is -0.132. The maximum atomic E-state index is 11.9. The quantitative estimate of drug-likeness (QED) is 0.704. The molecule has 4 heteroatoms. The average molecular weight is 208 g/mol. The summed E-state index contributed by atoms with van der Waals surface area (Å²) in [6.07, 6.45) is 2.58. The van der Waals surface area contributed by atoms with Gasteiger partial charge in [0.25, 0.3) is 0 Å². The van der Waals surface area contributed by atoms with Gasteiger partial charge in [0.05, 0.1) is 6.07 Å². The number of nitrogens with one attached hydrogen (secondary N) is 1. The molecule has 1 aliphatic heterocycles. The molecule has 0 aliphatic carbocycles. The van der Waals surface area contributed by atoms with Crippen molar-refractivity contribution < 1.29 is 9.53 Å². The number of nitriles is 1. The molecular formula is C11H16N2O2. The molecule has 0 saturated carbocycles. The van der Waals surface area contributed by atoms with Gasteiger partial charge >= 0.3 is 0 Å². The summed E-state index contributed by atoms with van der Waals surface area (Å²) in [5, 5.41) is 11.9. The van der Waals surface area contributed by atoms with Gasteiger partial charge in [0, 0.05) is 19.3 Å². The Morgan fingerprint density at radius 3 is 2.73 bits per heavy atom. The van der Waals surface area contributed by atoms with Crippen molar-refractivity contribution in [3.05, 3.63) is 12.7 Å². The number of nitrogens with zero attached hydrogens (tertiary/aromatic N) is 1. The first-order valence-corrected chi connectivity index (χ1v) is 5.07. The molecule has 1 saturated heterocycles. The van der Waals surface area contributed by atoms with Crippen molar-refractivity contribution in [2.45, 2.75) is 25.8 Å². The highest BCUT2D eigenvalue weighted by molar-refractivity contribution is 5.85. The normalized spacial score (nSPS) is 21.1. The maximum Gasteiger partial charge on any atom is 0.241 e. The van der Waals surface area contributed by atoms with Gasteiger partial charge < -0.3 is 10.1 Å². The van der Waals surface area contributed by atoms with E-state index in [-0.39, 0.29) is 11.9 Å². The lowest BCUT2D eigenvalue weighted by Gasteiger charge is -2.30. The highest BCUT2D eigenvalue weighted by Crippen LogP contribution is 2.29. The van der Waals surface area contributed by atoms with Crippen LogP contribution in [0.25, 0.3) is 0 Å². The van der Waals surface area contributed by atoms with Gasteiger partial charge in [-0.2, -0.15) is 5.26 Å². The summed E-state index contributed by atoms with van der Waals surface area (Å²) in [4.78, 5) is 11.9. The maximum absolute atomic E-state index is 11.9. The summed E-state index contributed by atoms with van der Waals surface area (Å²) in [5.74, 6) is -0.208. The SMILES string of the molecule is C=CC(C)NC(=O)C1(C#N)CCOCC1. The van der Waals surface area contributed by atoms with Gasteiger partial charge in [-0.25, -0.2) is 0 Å². The molecule has 82 valence electrons. The number of rotatable bonds is 3. The van der Waals surface area contributed by atoms with Crippen LogP contribution in [-0.2, 0) is 9.53 Å². The molecule has 0 aromatic rings. The number of hydrogen-bond acceptors (Lipinski definition) is 3. The van der Waals surface area contributed by atoms with Gasteiger partial charge in [0.1, 0.15) is 5.41 Å². The summed E-state index contributed by atoms with van der Waals surface area (Å²) >= 11 is 0. The first-order valence-electron chi connectivity index (χ1n) is 5.07. The smallest absolute Gasteiger partial charge is 0.241 e. The van der Waals surface area contributed by atoms with Gasteiger partial charge in [-0.3, -0.25) is 4.79 Å². The van der Waals surface area contributed by atoms with Crippen molar-refractivity contribution in [1.82, 2.24) is 5.32 Å². The van der Waals surface area contributed by atoms with Crippen molar-refractivity contribution >= 4 is 5.91 Å². The largest absolute Gasteiger partial charge is 0.381 e. The van der Waals surface area contributed by atoms with Crippen LogP contribution in [0.1, 0.15) is 19.8 Å². The highest BCUT2D eigenvalue weighted by Gasteiger charge is 2.40. The molecule has 1 aliphatic rings. The molecular weight excluding hydrogens is 192 g/mol. The molecule has 1 amide bonds. The van der Waals surface area contributed by atoms with Gasteiger partial charge in [-0.1, -0.05) is 6.08 Å². The van der Waals surface area contributed by atoms with Crippen molar-refractivity contribution in [3.8, 4) is 6.07 Å². The number of ether oxygens (including phenoxy) is 1. The zero-order valence-corrected chi connectivity index (χ0v) is 8.95. The van der Waals surface area contributed by atoms with E-state index < -0.39 is 5.41 Å². The second kappa shape index (κ2) is 4.94. The Hall–Kier alpha value is -1.34. The van der Waals surface area contributed by atoms with Gasteiger partial charge in [-0.15, -0.1) is 6.58 Å². The molecule has 1 unspecified atom stereocenters. The summed E-state index contributed by atoms with van der Waals surface area (Å²) < 4.78 is 5.16. The molecule has 1 fully saturated rings. The molecule has 0 spiro atoms. The van der Waals surface area contributed by atoms with Crippen molar-refractivity contribution in [2.24, 2.45) is 5.41 Å². The lowest BCUT2D eigenvalue weighted by atomic mass is 9.80. The van der Waals surface area contributed by atoms with Crippen LogP contribution in [0.5, 0.6) is 0 Å². The first-order chi connectivity index (χ1) is 7.14. The Bertz CT molecular complexity index is 287. The Labute approximate surface area is 89.9 Å². The van der Waals surface area contributed by atoms with Crippen molar-refractivity contribution in [1.29, 1.82) is 5.26 Å². The summed E-state index contributed by atoms with van der Waals surface area (Å²) in [6, 6.07) is 2.01. The van der Waals surface area contributed by atoms with E-state index in [1.54, 1.807) is 6.08 Å². The molecule has 0 aromatic carbocycles. The van der Waals surface area contributed by atoms with Crippen LogP contribution in [0.3, 0.4) is 0 Å². The van der Waals surface area contributed by atoms with Gasteiger partial charge in [0.2, 0.25) is 5.91 Å². The second-order valence-electron chi connectivity index (χ2n) is 3.80. The van der Waals surface area contributed by atoms with E-state index in [9.17, 15) is 4.79 Å². The van der Waals surface area contributed by atoms with E-state index >= 15 is 0 Å². The van der Waals surface area contributed by atoms with E-state index in [1.807, 2.05) is 6.92 Å². The van der Waals surface area contributed by atoms with Crippen LogP contribution in [-0.4, -0.2) is 25.2 Å². The third-order valence-electron chi connectivity index (χ3n) is 2.71. The minimum atomic E-state index is -0.907. The van der Waals surface area contributed by atoms with E-state index in [2.05, 4.69) is 18.0 Å². The topological polar surface area (TPSA) is 62.1 Å². The monoisotopic (exact) mass is 208 g/mol. The molecule has 15 heavy (non-hydrogen) atoms. The molecule has 1 heterocycles. The average Bonchev–Trinajstić information content (AvgIpc) is 2.29. The standard InChI is InChI=1S/C11H16N2O2/c1-3-9(2)13-10(14)11(8-12)4-6-15-7-5-11/h3,9H,1,4-7H2,2H3,(H,13,14). The molecule has 4 nitrogen and oxygen atoms in total. The molecule has 0 bridgehead atoms. The third kappa shape index (κ3) is 2.57. The third-order valence-corrected chi connectivity index (χ3v) is 2.71. The van der Waals surface area contributed by atoms with Crippen LogP contribution < -0.4 is 5.32 Å². The van der Waals surface area contributed by atoms with Crippen LogP contribution in [0.4, 0.5) is 0 Å². The van der Waals surface area contributed by atoms with Crippen LogP contribution >= 0.6 is 0 Å². The fourth-order valence-corrected chi connectivity index (χ4v) is 1.51. The fraction of sp³-hybridized carbons (Fsp3) is 0.636. The van der Waals surface area contributed by atoms with Gasteiger partial charge in [-0.05, 0) is 19.8 Å². The van der Waals surface area contributed by atoms with Crippen LogP contribution in [0, 0.1) is 16.7 Å². The number of amides is 1. The van der Waals surface area contributed by atoms with Crippen LogP contribution in [0.2, 0.25) is 0 Å². The minimum Gasteiger partial charge on any atom is -0.381 e. The van der Waals surface area contributed by atoms with E-state index in [0.29, 0.717) is 26.1 Å². The predicted octanol–water partition coefficient (Wildman–Crippen LogP) is 0.997. The predicted molar refractivity (Wildman–Crippen MR) is 55.9 cm³/mol. The fourth-order valence-electron chi connectivity index (χ4n) is 1.51. The molecule has 0 radical (unpaired) electrons. The zero-order chi connectivity index (χ0) is 11.3. The summed E-state index contributed by atoms with van der Waals surface area (Å²) in [6.45, 7) is 6.36. The summed E-state index contributed by atoms with van der Waals surface area (Å²) in [7, 11) is 0. The Morgan fingerprint density at radius 1 is 1.67 bits per heavy atom. The van der Waals surface area contributed by atoms with Crippen molar-refractivity contribution in [3.63, 3.8) is 0 Å². The van der Waals surface area contributed by atoms with Gasteiger partial charge in [0.15, 0.2) is 0 Å². The second-order valence-corrected chi connectivity index (χ2v) is 3.80. The van der Waals surface area contributed by atoms with E-state index in [4.69, 9.17) is 10.00 Å². The Kier molecular flexibility index (Phi) is 3.87. The summed E-state index contributed by atoms with van der Waals surface area (Å²) in [5.41, 5.74) is -0.907. The first kappa shape index (κ1) is 11.7. The number of carbonyl (C=O) groups excluding carboxylic acids is 1. The number of hydrogen-bond donors (Lipinski definition) is 1. The van der Waals surface area contributed by atoms with Crippen LogP contribution in [0.15, 0.2) is 12.7 Å². The Balaban J connectivity index is 2.69. The molecule has 1 rings (SSSR count). The highest BCUT2D eigenvalue weighted by atomic mass is 16.5. The molecule has 1 N–H and O–H groups in total. The number of carbonyl (C=O) groups is 1. The zero-order valence-electron chi connectivity index (χ0n) is 8.95. The van der Waals surface area contributed by atoms with E-state index in [1.165, 1.54) is 0 Å². The van der Waals surface area contributed by atoms with E-state index in [0.717, 1.165) is 0 Å². The minimum absolute atomic E-state index is 0.106. The lowest BCUT2D eigenvalue weighted by Crippen LogP contribution is -2.46. The Morgan fingerprint density at radius 2 is 2.27 bits per heavy atom.